The van der Waals surface area contributed by atoms with Crippen molar-refractivity contribution in [2.75, 3.05) is 18.4 Å². The summed E-state index contributed by atoms with van der Waals surface area (Å²) in [4.78, 5) is 29.1. The number of nitrogens with zero attached hydrogens (tertiary/aromatic N) is 4. The standard InChI is InChI=1S/C23H23N7O/c1-23(28-14-20(24)31,17-5-3-2-4-6-17)15-27-22-18-9-12-26-13-19(18)29-21(30-22)16-7-10-25-11-8-16/h2-13,28H,14-15H2,1H3,(H2,24,31)(H,27,29,30)/t23-/m1/s1. The zero-order valence-electron chi connectivity index (χ0n) is 17.1. The molecule has 0 aliphatic rings. The third-order valence-electron chi connectivity index (χ3n) is 5.11. The second-order valence-corrected chi connectivity index (χ2v) is 7.40. The van der Waals surface area contributed by atoms with E-state index in [1.165, 1.54) is 0 Å². The maximum Gasteiger partial charge on any atom is 0.231 e. The van der Waals surface area contributed by atoms with E-state index in [0.29, 0.717) is 18.2 Å². The molecule has 8 heteroatoms. The van der Waals surface area contributed by atoms with E-state index in [1.807, 2.05) is 55.5 Å². The van der Waals surface area contributed by atoms with Gasteiger partial charge in [-0.15, -0.1) is 0 Å². The van der Waals surface area contributed by atoms with Crippen LogP contribution in [0.5, 0.6) is 0 Å². The number of fused-ring (bicyclic) bond motifs is 1. The summed E-state index contributed by atoms with van der Waals surface area (Å²) in [6.07, 6.45) is 6.85. The fraction of sp³-hybridized carbons (Fsp3) is 0.174. The molecular formula is C23H23N7O. The fourth-order valence-electron chi connectivity index (χ4n) is 3.36. The van der Waals surface area contributed by atoms with Gasteiger partial charge in [-0.25, -0.2) is 9.97 Å². The Kier molecular flexibility index (Phi) is 5.81. The van der Waals surface area contributed by atoms with Crippen molar-refractivity contribution in [3.05, 3.63) is 78.9 Å². The van der Waals surface area contributed by atoms with E-state index in [2.05, 4.69) is 25.6 Å². The largest absolute Gasteiger partial charge is 0.369 e. The molecule has 4 aromatic rings. The Labute approximate surface area is 180 Å². The maximum absolute atomic E-state index is 11.4. The first kappa shape index (κ1) is 20.4. The molecule has 0 spiro atoms. The molecule has 0 saturated carbocycles. The van der Waals surface area contributed by atoms with E-state index in [1.54, 1.807) is 24.8 Å². The highest BCUT2D eigenvalue weighted by molar-refractivity contribution is 5.90. The van der Waals surface area contributed by atoms with Gasteiger partial charge in [0.15, 0.2) is 5.82 Å². The molecule has 3 heterocycles. The van der Waals surface area contributed by atoms with Gasteiger partial charge in [0.2, 0.25) is 5.91 Å². The van der Waals surface area contributed by atoms with Gasteiger partial charge < -0.3 is 11.1 Å². The quantitative estimate of drug-likeness (QED) is 0.406. The second-order valence-electron chi connectivity index (χ2n) is 7.40. The number of carbonyl (C=O) groups excluding carboxylic acids is 1. The van der Waals surface area contributed by atoms with Crippen molar-refractivity contribution in [1.82, 2.24) is 25.3 Å². The van der Waals surface area contributed by atoms with E-state index < -0.39 is 11.4 Å². The van der Waals surface area contributed by atoms with Gasteiger partial charge in [0.05, 0.1) is 23.8 Å². The van der Waals surface area contributed by atoms with Crippen LogP contribution in [0.15, 0.2) is 73.3 Å². The number of nitrogens with two attached hydrogens (primary N) is 1. The van der Waals surface area contributed by atoms with Gasteiger partial charge in [-0.1, -0.05) is 30.3 Å². The van der Waals surface area contributed by atoms with E-state index in [-0.39, 0.29) is 6.54 Å². The van der Waals surface area contributed by atoms with Crippen molar-refractivity contribution in [2.24, 2.45) is 5.73 Å². The Morgan fingerprint density at radius 1 is 1.00 bits per heavy atom. The van der Waals surface area contributed by atoms with E-state index in [4.69, 9.17) is 10.7 Å². The highest BCUT2D eigenvalue weighted by atomic mass is 16.1. The summed E-state index contributed by atoms with van der Waals surface area (Å²) in [6.45, 7) is 2.55. The van der Waals surface area contributed by atoms with Crippen LogP contribution < -0.4 is 16.4 Å². The lowest BCUT2D eigenvalue weighted by Crippen LogP contribution is -2.48. The summed E-state index contributed by atoms with van der Waals surface area (Å²) in [5.74, 6) is 0.847. The van der Waals surface area contributed by atoms with Crippen LogP contribution >= 0.6 is 0 Å². The molecule has 31 heavy (non-hydrogen) atoms. The zero-order valence-corrected chi connectivity index (χ0v) is 17.1. The van der Waals surface area contributed by atoms with Crippen LogP contribution in [0.2, 0.25) is 0 Å². The predicted octanol–water partition coefficient (Wildman–Crippen LogP) is 2.49. The molecular weight excluding hydrogens is 390 g/mol. The molecule has 0 fully saturated rings. The number of nitrogens with one attached hydrogen (secondary N) is 2. The van der Waals surface area contributed by atoms with Crippen LogP contribution in [-0.2, 0) is 10.3 Å². The molecule has 0 unspecified atom stereocenters. The normalized spacial score (nSPS) is 12.9. The average molecular weight is 413 g/mol. The number of primary amides is 1. The molecule has 0 aliphatic carbocycles. The first-order chi connectivity index (χ1) is 15.0. The highest BCUT2D eigenvalue weighted by Gasteiger charge is 2.27. The molecule has 1 amide bonds. The fourth-order valence-corrected chi connectivity index (χ4v) is 3.36. The van der Waals surface area contributed by atoms with Crippen molar-refractivity contribution in [1.29, 1.82) is 0 Å². The SMILES string of the molecule is C[C@](CNc1nc(-c2ccncc2)nc2cnccc12)(NCC(N)=O)c1ccccc1. The molecule has 0 bridgehead atoms. The predicted molar refractivity (Wildman–Crippen MR) is 120 cm³/mol. The first-order valence-corrected chi connectivity index (χ1v) is 9.90. The zero-order chi connectivity index (χ0) is 21.7. The number of rotatable bonds is 8. The molecule has 0 saturated heterocycles. The van der Waals surface area contributed by atoms with E-state index in [0.717, 1.165) is 22.0 Å². The Bertz CT molecular complexity index is 1180. The molecule has 1 aromatic carbocycles. The third kappa shape index (κ3) is 4.65. The molecule has 3 aromatic heterocycles. The lowest BCUT2D eigenvalue weighted by molar-refractivity contribution is -0.117. The monoisotopic (exact) mass is 413 g/mol. The minimum atomic E-state index is -0.558. The Hall–Kier alpha value is -3.91. The maximum atomic E-state index is 11.4. The van der Waals surface area contributed by atoms with E-state index >= 15 is 0 Å². The van der Waals surface area contributed by atoms with Gasteiger partial charge in [-0.3, -0.25) is 20.1 Å². The average Bonchev–Trinajstić information content (AvgIpc) is 2.82. The third-order valence-corrected chi connectivity index (χ3v) is 5.11. The van der Waals surface area contributed by atoms with Crippen molar-refractivity contribution in [3.63, 3.8) is 0 Å². The number of amides is 1. The van der Waals surface area contributed by atoms with Crippen molar-refractivity contribution < 1.29 is 4.79 Å². The topological polar surface area (TPSA) is 119 Å². The number of carbonyl (C=O) groups is 1. The Morgan fingerprint density at radius 2 is 1.74 bits per heavy atom. The highest BCUT2D eigenvalue weighted by Crippen LogP contribution is 2.26. The number of benzene rings is 1. The Balaban J connectivity index is 1.70. The molecule has 4 rings (SSSR count). The van der Waals surface area contributed by atoms with Gasteiger partial charge in [-0.2, -0.15) is 0 Å². The molecule has 4 N–H and O–H groups in total. The summed E-state index contributed by atoms with van der Waals surface area (Å²) in [6, 6.07) is 15.5. The van der Waals surface area contributed by atoms with Crippen molar-refractivity contribution in [3.8, 4) is 11.4 Å². The summed E-state index contributed by atoms with van der Waals surface area (Å²) < 4.78 is 0. The van der Waals surface area contributed by atoms with E-state index in [9.17, 15) is 4.79 Å². The van der Waals surface area contributed by atoms with Gasteiger partial charge in [-0.05, 0) is 30.7 Å². The molecule has 156 valence electrons. The lowest BCUT2D eigenvalue weighted by Gasteiger charge is -2.32. The number of anilines is 1. The van der Waals surface area contributed by atoms with Crippen LogP contribution in [0.1, 0.15) is 12.5 Å². The second kappa shape index (κ2) is 8.85. The first-order valence-electron chi connectivity index (χ1n) is 9.90. The number of pyridine rings is 2. The van der Waals surface area contributed by atoms with Crippen LogP contribution in [0.3, 0.4) is 0 Å². The van der Waals surface area contributed by atoms with Crippen molar-refractivity contribution in [2.45, 2.75) is 12.5 Å². The van der Waals surface area contributed by atoms with Crippen LogP contribution in [0.25, 0.3) is 22.3 Å². The summed E-state index contributed by atoms with van der Waals surface area (Å²) in [7, 11) is 0. The lowest BCUT2D eigenvalue weighted by atomic mass is 9.91. The minimum Gasteiger partial charge on any atom is -0.369 e. The molecule has 8 nitrogen and oxygen atoms in total. The summed E-state index contributed by atoms with van der Waals surface area (Å²) in [5.41, 5.74) is 7.45. The molecule has 0 aliphatic heterocycles. The smallest absolute Gasteiger partial charge is 0.231 e. The van der Waals surface area contributed by atoms with Crippen LogP contribution in [-0.4, -0.2) is 38.9 Å². The number of hydrogen-bond donors (Lipinski definition) is 3. The van der Waals surface area contributed by atoms with Gasteiger partial charge in [0.1, 0.15) is 5.82 Å². The molecule has 1 atom stereocenters. The summed E-state index contributed by atoms with van der Waals surface area (Å²) >= 11 is 0. The van der Waals surface area contributed by atoms with Crippen LogP contribution in [0, 0.1) is 0 Å². The summed E-state index contributed by atoms with van der Waals surface area (Å²) in [5, 5.41) is 7.59. The number of hydrogen-bond acceptors (Lipinski definition) is 7. The van der Waals surface area contributed by atoms with Crippen LogP contribution in [0.4, 0.5) is 5.82 Å². The Morgan fingerprint density at radius 3 is 2.48 bits per heavy atom. The number of aromatic nitrogens is 4. The minimum absolute atomic E-state index is 0.0593. The van der Waals surface area contributed by atoms with Gasteiger partial charge in [0.25, 0.3) is 0 Å². The van der Waals surface area contributed by atoms with Gasteiger partial charge >= 0.3 is 0 Å². The van der Waals surface area contributed by atoms with Crippen molar-refractivity contribution >= 4 is 22.6 Å². The molecule has 0 radical (unpaired) electrons. The van der Waals surface area contributed by atoms with Gasteiger partial charge in [0, 0.05) is 36.1 Å².